The van der Waals surface area contributed by atoms with Gasteiger partial charge in [-0.3, -0.25) is 14.9 Å². The fourth-order valence-corrected chi connectivity index (χ4v) is 2.73. The molecule has 2 rings (SSSR count). The summed E-state index contributed by atoms with van der Waals surface area (Å²) in [5.41, 5.74) is 0.462. The number of amides is 1. The second-order valence-corrected chi connectivity index (χ2v) is 5.93. The molecule has 1 amide bonds. The lowest BCUT2D eigenvalue weighted by atomic mass is 10.1. The van der Waals surface area contributed by atoms with E-state index in [2.05, 4.69) is 5.32 Å². The fourth-order valence-electron chi connectivity index (χ4n) is 2.73. The van der Waals surface area contributed by atoms with Crippen molar-refractivity contribution in [1.82, 2.24) is 5.32 Å². The van der Waals surface area contributed by atoms with E-state index in [0.717, 1.165) is 38.8 Å². The van der Waals surface area contributed by atoms with Crippen molar-refractivity contribution >= 4 is 23.3 Å². The Bertz CT molecular complexity index is 641. The minimum Gasteiger partial charge on any atom is -0.452 e. The standard InChI is InChI=1S/C17H23N3O5/c1-2-8-18-16(21)12-25-17(22)13-6-7-14(15(11-13)20(23)24)19-9-4-3-5-10-19/h6-7,11H,2-5,8-10,12H2,1H3,(H,18,21). The first-order valence-corrected chi connectivity index (χ1v) is 8.50. The molecule has 0 unspecified atom stereocenters. The highest BCUT2D eigenvalue weighted by molar-refractivity contribution is 5.93. The SMILES string of the molecule is CCCNC(=O)COC(=O)c1ccc(N2CCCCC2)c([N+](=O)[O-])c1. The maximum atomic E-state index is 12.0. The lowest BCUT2D eigenvalue weighted by Crippen LogP contribution is -2.30. The van der Waals surface area contributed by atoms with Gasteiger partial charge in [0.2, 0.25) is 0 Å². The topological polar surface area (TPSA) is 102 Å². The zero-order valence-corrected chi connectivity index (χ0v) is 14.3. The Balaban J connectivity index is 2.08. The third-order valence-electron chi connectivity index (χ3n) is 4.01. The van der Waals surface area contributed by atoms with Gasteiger partial charge in [-0.05, 0) is 37.8 Å². The number of piperidine rings is 1. The molecule has 1 N–H and O–H groups in total. The molecule has 0 bridgehead atoms. The number of rotatable bonds is 7. The van der Waals surface area contributed by atoms with Gasteiger partial charge in [0.1, 0.15) is 5.69 Å². The van der Waals surface area contributed by atoms with Gasteiger partial charge < -0.3 is 15.0 Å². The second kappa shape index (κ2) is 9.00. The molecule has 0 spiro atoms. The summed E-state index contributed by atoms with van der Waals surface area (Å²) in [6.45, 7) is 3.55. The average molecular weight is 349 g/mol. The summed E-state index contributed by atoms with van der Waals surface area (Å²) in [6.07, 6.45) is 3.89. The molecule has 0 saturated carbocycles. The number of carbonyl (C=O) groups excluding carboxylic acids is 2. The summed E-state index contributed by atoms with van der Waals surface area (Å²) in [5.74, 6) is -1.14. The number of hydrogen-bond acceptors (Lipinski definition) is 6. The number of nitrogens with zero attached hydrogens (tertiary/aromatic N) is 2. The molecule has 25 heavy (non-hydrogen) atoms. The quantitative estimate of drug-likeness (QED) is 0.460. The van der Waals surface area contributed by atoms with Gasteiger partial charge in [0, 0.05) is 25.7 Å². The summed E-state index contributed by atoms with van der Waals surface area (Å²) in [7, 11) is 0. The molecule has 0 aliphatic carbocycles. The van der Waals surface area contributed by atoms with Crippen LogP contribution in [0.15, 0.2) is 18.2 Å². The van der Waals surface area contributed by atoms with Crippen LogP contribution in [0.25, 0.3) is 0 Å². The van der Waals surface area contributed by atoms with E-state index in [1.165, 1.54) is 12.1 Å². The van der Waals surface area contributed by atoms with Crippen molar-refractivity contribution < 1.29 is 19.2 Å². The van der Waals surface area contributed by atoms with Crippen LogP contribution in [0.4, 0.5) is 11.4 Å². The van der Waals surface area contributed by atoms with Crippen LogP contribution in [0.5, 0.6) is 0 Å². The summed E-state index contributed by atoms with van der Waals surface area (Å²) in [4.78, 5) is 36.4. The highest BCUT2D eigenvalue weighted by Gasteiger charge is 2.23. The molecule has 1 aromatic carbocycles. The number of nitrogens with one attached hydrogen (secondary N) is 1. The molecule has 1 aliphatic heterocycles. The number of nitro groups is 1. The van der Waals surface area contributed by atoms with Gasteiger partial charge in [-0.1, -0.05) is 6.92 Å². The Morgan fingerprint density at radius 3 is 2.64 bits per heavy atom. The van der Waals surface area contributed by atoms with Gasteiger partial charge in [-0.15, -0.1) is 0 Å². The zero-order valence-electron chi connectivity index (χ0n) is 14.3. The molecule has 136 valence electrons. The third-order valence-corrected chi connectivity index (χ3v) is 4.01. The zero-order chi connectivity index (χ0) is 18.2. The van der Waals surface area contributed by atoms with Gasteiger partial charge in [-0.25, -0.2) is 4.79 Å². The van der Waals surface area contributed by atoms with Crippen LogP contribution in [0, 0.1) is 10.1 Å². The molecule has 1 heterocycles. The van der Waals surface area contributed by atoms with Crippen LogP contribution in [0.1, 0.15) is 43.0 Å². The number of benzene rings is 1. The van der Waals surface area contributed by atoms with Crippen LogP contribution in [0.2, 0.25) is 0 Å². The Morgan fingerprint density at radius 2 is 2.00 bits per heavy atom. The molecule has 0 atom stereocenters. The van der Waals surface area contributed by atoms with Gasteiger partial charge in [0.05, 0.1) is 10.5 Å². The first-order valence-electron chi connectivity index (χ1n) is 8.50. The van der Waals surface area contributed by atoms with Crippen molar-refractivity contribution in [3.8, 4) is 0 Å². The van der Waals surface area contributed by atoms with E-state index in [-0.39, 0.29) is 11.3 Å². The molecule has 1 saturated heterocycles. The van der Waals surface area contributed by atoms with E-state index in [1.807, 2.05) is 11.8 Å². The summed E-state index contributed by atoms with van der Waals surface area (Å²) >= 11 is 0. The molecule has 1 aliphatic rings. The maximum Gasteiger partial charge on any atom is 0.338 e. The molecular weight excluding hydrogens is 326 g/mol. The Morgan fingerprint density at radius 1 is 1.28 bits per heavy atom. The molecule has 1 aromatic rings. The Hall–Kier alpha value is -2.64. The number of carbonyl (C=O) groups is 2. The number of nitro benzene ring substituents is 1. The van der Waals surface area contributed by atoms with Gasteiger partial charge in [-0.2, -0.15) is 0 Å². The average Bonchev–Trinajstić information content (AvgIpc) is 2.64. The molecule has 8 nitrogen and oxygen atoms in total. The lowest BCUT2D eigenvalue weighted by molar-refractivity contribution is -0.384. The first-order chi connectivity index (χ1) is 12.0. The summed E-state index contributed by atoms with van der Waals surface area (Å²) in [5, 5.41) is 14.0. The van der Waals surface area contributed by atoms with Crippen molar-refractivity contribution in [1.29, 1.82) is 0 Å². The maximum absolute atomic E-state index is 12.0. The summed E-state index contributed by atoms with van der Waals surface area (Å²) in [6, 6.07) is 4.30. The normalized spacial score (nSPS) is 14.0. The third kappa shape index (κ3) is 5.17. The van der Waals surface area contributed by atoms with Gasteiger partial charge in [0.15, 0.2) is 6.61 Å². The Labute approximate surface area is 146 Å². The predicted molar refractivity (Wildman–Crippen MR) is 92.7 cm³/mol. The van der Waals surface area contributed by atoms with Crippen molar-refractivity contribution in [3.05, 3.63) is 33.9 Å². The highest BCUT2D eigenvalue weighted by Crippen LogP contribution is 2.31. The number of anilines is 1. The van der Waals surface area contributed by atoms with Crippen LogP contribution in [-0.4, -0.2) is 43.0 Å². The van der Waals surface area contributed by atoms with E-state index in [1.54, 1.807) is 6.07 Å². The number of ether oxygens (including phenoxy) is 1. The molecule has 0 radical (unpaired) electrons. The fraction of sp³-hybridized carbons (Fsp3) is 0.529. The largest absolute Gasteiger partial charge is 0.452 e. The molecule has 0 aromatic heterocycles. The second-order valence-electron chi connectivity index (χ2n) is 5.93. The molecule has 8 heteroatoms. The van der Waals surface area contributed by atoms with Crippen molar-refractivity contribution in [2.75, 3.05) is 31.1 Å². The van der Waals surface area contributed by atoms with Crippen LogP contribution in [0.3, 0.4) is 0 Å². The number of esters is 1. The van der Waals surface area contributed by atoms with Crippen molar-refractivity contribution in [2.45, 2.75) is 32.6 Å². The van der Waals surface area contributed by atoms with Crippen LogP contribution >= 0.6 is 0 Å². The van der Waals surface area contributed by atoms with E-state index >= 15 is 0 Å². The minimum absolute atomic E-state index is 0.0655. The number of hydrogen-bond donors (Lipinski definition) is 1. The van der Waals surface area contributed by atoms with E-state index in [4.69, 9.17) is 4.74 Å². The molecular formula is C17H23N3O5. The van der Waals surface area contributed by atoms with E-state index in [0.29, 0.717) is 12.2 Å². The van der Waals surface area contributed by atoms with Crippen molar-refractivity contribution in [3.63, 3.8) is 0 Å². The minimum atomic E-state index is -0.750. The molecule has 1 fully saturated rings. The Kier molecular flexibility index (Phi) is 6.73. The lowest BCUT2D eigenvalue weighted by Gasteiger charge is -2.28. The van der Waals surface area contributed by atoms with Crippen LogP contribution in [-0.2, 0) is 9.53 Å². The van der Waals surface area contributed by atoms with Crippen LogP contribution < -0.4 is 10.2 Å². The van der Waals surface area contributed by atoms with E-state index < -0.39 is 23.4 Å². The van der Waals surface area contributed by atoms with Crippen molar-refractivity contribution in [2.24, 2.45) is 0 Å². The first kappa shape index (κ1) is 18.7. The van der Waals surface area contributed by atoms with Gasteiger partial charge in [0.25, 0.3) is 11.6 Å². The van der Waals surface area contributed by atoms with E-state index in [9.17, 15) is 19.7 Å². The summed E-state index contributed by atoms with van der Waals surface area (Å²) < 4.78 is 4.92. The predicted octanol–water partition coefficient (Wildman–Crippen LogP) is 2.27. The highest BCUT2D eigenvalue weighted by atomic mass is 16.6. The smallest absolute Gasteiger partial charge is 0.338 e. The van der Waals surface area contributed by atoms with Gasteiger partial charge >= 0.3 is 5.97 Å². The monoisotopic (exact) mass is 349 g/mol.